The molecule has 1 aliphatic rings. The molecule has 4 rings (SSSR count). The van der Waals surface area contributed by atoms with Crippen molar-refractivity contribution in [3.05, 3.63) is 76.9 Å². The topological polar surface area (TPSA) is 97.3 Å². The SMILES string of the molecule is CCCc1c(OCCCOc2cc(O)c(C3CCOC3)cc2CC)cccc1Oc1ccccc1C(=O)[O-].[Na+]. The van der Waals surface area contributed by atoms with Gasteiger partial charge in [0.25, 0.3) is 0 Å². The fourth-order valence-electron chi connectivity index (χ4n) is 4.69. The number of para-hydroxylation sites is 1. The fourth-order valence-corrected chi connectivity index (χ4v) is 4.69. The maximum Gasteiger partial charge on any atom is 1.00 e. The molecule has 0 radical (unpaired) electrons. The molecular formula is C31H35NaO7. The molecule has 0 aromatic heterocycles. The van der Waals surface area contributed by atoms with Gasteiger partial charge in [-0.1, -0.05) is 38.5 Å². The van der Waals surface area contributed by atoms with E-state index in [1.165, 1.54) is 6.07 Å². The molecule has 1 atom stereocenters. The van der Waals surface area contributed by atoms with Crippen molar-refractivity contribution in [3.8, 4) is 28.7 Å². The van der Waals surface area contributed by atoms with E-state index in [1.807, 2.05) is 24.3 Å². The Hall–Kier alpha value is -2.71. The van der Waals surface area contributed by atoms with Gasteiger partial charge in [0.2, 0.25) is 0 Å². The van der Waals surface area contributed by atoms with E-state index in [4.69, 9.17) is 18.9 Å². The van der Waals surface area contributed by atoms with Crippen LogP contribution < -0.4 is 48.9 Å². The Morgan fingerprint density at radius 1 is 1.00 bits per heavy atom. The summed E-state index contributed by atoms with van der Waals surface area (Å²) < 4.78 is 23.6. The average Bonchev–Trinajstić information content (AvgIpc) is 3.45. The number of carboxylic acid groups (broad SMARTS) is 1. The third-order valence-corrected chi connectivity index (χ3v) is 6.68. The van der Waals surface area contributed by atoms with Crippen molar-refractivity contribution < 1.29 is 63.5 Å². The third kappa shape index (κ3) is 7.92. The molecule has 39 heavy (non-hydrogen) atoms. The molecule has 7 nitrogen and oxygen atoms in total. The average molecular weight is 543 g/mol. The van der Waals surface area contributed by atoms with Gasteiger partial charge >= 0.3 is 29.6 Å². The van der Waals surface area contributed by atoms with Crippen molar-refractivity contribution in [1.29, 1.82) is 0 Å². The molecule has 1 unspecified atom stereocenters. The first-order valence-electron chi connectivity index (χ1n) is 13.3. The Morgan fingerprint density at radius 3 is 2.41 bits per heavy atom. The van der Waals surface area contributed by atoms with Crippen LogP contribution in [-0.4, -0.2) is 37.5 Å². The van der Waals surface area contributed by atoms with Crippen LogP contribution in [0.5, 0.6) is 28.7 Å². The van der Waals surface area contributed by atoms with E-state index in [9.17, 15) is 15.0 Å². The summed E-state index contributed by atoms with van der Waals surface area (Å²) >= 11 is 0. The molecule has 3 aromatic carbocycles. The van der Waals surface area contributed by atoms with E-state index in [-0.39, 0.29) is 52.5 Å². The van der Waals surface area contributed by atoms with Crippen LogP contribution in [0.3, 0.4) is 0 Å². The second kappa shape index (κ2) is 15.2. The van der Waals surface area contributed by atoms with Gasteiger partial charge in [-0.25, -0.2) is 0 Å². The Labute approximate surface area is 252 Å². The number of aromatic carboxylic acids is 1. The Morgan fingerprint density at radius 2 is 1.72 bits per heavy atom. The Balaban J connectivity index is 0.00000420. The summed E-state index contributed by atoms with van der Waals surface area (Å²) in [5, 5.41) is 22.1. The summed E-state index contributed by atoms with van der Waals surface area (Å²) in [6.45, 7) is 6.38. The number of hydrogen-bond acceptors (Lipinski definition) is 7. The first-order chi connectivity index (χ1) is 18.5. The molecule has 3 aromatic rings. The minimum Gasteiger partial charge on any atom is -0.545 e. The molecule has 1 aliphatic heterocycles. The van der Waals surface area contributed by atoms with Crippen molar-refractivity contribution in [2.75, 3.05) is 26.4 Å². The van der Waals surface area contributed by atoms with Crippen LogP contribution in [0.1, 0.15) is 66.1 Å². The van der Waals surface area contributed by atoms with E-state index in [2.05, 4.69) is 13.8 Å². The maximum absolute atomic E-state index is 11.5. The second-order valence-corrected chi connectivity index (χ2v) is 9.35. The molecular weight excluding hydrogens is 507 g/mol. The van der Waals surface area contributed by atoms with Crippen molar-refractivity contribution >= 4 is 5.97 Å². The van der Waals surface area contributed by atoms with E-state index < -0.39 is 5.97 Å². The third-order valence-electron chi connectivity index (χ3n) is 6.68. The number of aromatic hydroxyl groups is 1. The number of carbonyl (C=O) groups excluding carboxylic acids is 1. The van der Waals surface area contributed by atoms with Crippen LogP contribution in [-0.2, 0) is 17.6 Å². The molecule has 1 N–H and O–H groups in total. The summed E-state index contributed by atoms with van der Waals surface area (Å²) in [7, 11) is 0. The Bertz CT molecular complexity index is 1240. The molecule has 0 aliphatic carbocycles. The summed E-state index contributed by atoms with van der Waals surface area (Å²) in [6.07, 6.45) is 3.96. The number of carbonyl (C=O) groups is 1. The molecule has 202 valence electrons. The number of aryl methyl sites for hydroxylation is 1. The fraction of sp³-hybridized carbons (Fsp3) is 0.387. The maximum atomic E-state index is 11.5. The molecule has 8 heteroatoms. The molecule has 1 heterocycles. The first-order valence-corrected chi connectivity index (χ1v) is 13.3. The van der Waals surface area contributed by atoms with Crippen LogP contribution in [0.25, 0.3) is 0 Å². The zero-order valence-electron chi connectivity index (χ0n) is 23.0. The summed E-state index contributed by atoms with van der Waals surface area (Å²) in [5.74, 6) is 1.39. The van der Waals surface area contributed by atoms with Gasteiger partial charge in [0.05, 0.1) is 25.8 Å². The van der Waals surface area contributed by atoms with Gasteiger partial charge in [0, 0.05) is 36.1 Å². The largest absolute Gasteiger partial charge is 1.00 e. The molecule has 1 saturated heterocycles. The van der Waals surface area contributed by atoms with Crippen molar-refractivity contribution in [2.45, 2.75) is 51.9 Å². The van der Waals surface area contributed by atoms with Crippen molar-refractivity contribution in [3.63, 3.8) is 0 Å². The molecule has 0 spiro atoms. The predicted molar refractivity (Wildman–Crippen MR) is 143 cm³/mol. The number of carboxylic acids is 1. The van der Waals surface area contributed by atoms with Crippen LogP contribution in [0.2, 0.25) is 0 Å². The van der Waals surface area contributed by atoms with Crippen LogP contribution in [0.4, 0.5) is 0 Å². The smallest absolute Gasteiger partial charge is 0.545 e. The molecule has 1 fully saturated rings. The van der Waals surface area contributed by atoms with E-state index in [0.29, 0.717) is 49.9 Å². The summed E-state index contributed by atoms with van der Waals surface area (Å²) in [5.41, 5.74) is 2.88. The van der Waals surface area contributed by atoms with E-state index in [0.717, 1.165) is 42.6 Å². The van der Waals surface area contributed by atoms with Crippen LogP contribution in [0.15, 0.2) is 54.6 Å². The number of hydrogen-bond donors (Lipinski definition) is 1. The number of benzene rings is 3. The normalized spacial score (nSPS) is 14.5. The monoisotopic (exact) mass is 542 g/mol. The van der Waals surface area contributed by atoms with Gasteiger partial charge < -0.3 is 34.0 Å². The number of rotatable bonds is 13. The second-order valence-electron chi connectivity index (χ2n) is 9.35. The summed E-state index contributed by atoms with van der Waals surface area (Å²) in [6, 6.07) is 15.7. The molecule has 0 amide bonds. The van der Waals surface area contributed by atoms with Gasteiger partial charge in [0.1, 0.15) is 28.7 Å². The Kier molecular flexibility index (Phi) is 12.0. The quantitative estimate of drug-likeness (QED) is 0.262. The van der Waals surface area contributed by atoms with E-state index in [1.54, 1.807) is 24.3 Å². The minimum absolute atomic E-state index is 0. The zero-order chi connectivity index (χ0) is 26.9. The van der Waals surface area contributed by atoms with Gasteiger partial charge in [-0.05, 0) is 60.7 Å². The van der Waals surface area contributed by atoms with E-state index >= 15 is 0 Å². The first kappa shape index (κ1) is 30.8. The molecule has 0 saturated carbocycles. The van der Waals surface area contributed by atoms with Crippen molar-refractivity contribution in [2.24, 2.45) is 0 Å². The van der Waals surface area contributed by atoms with Crippen LogP contribution >= 0.6 is 0 Å². The van der Waals surface area contributed by atoms with Crippen LogP contribution in [0, 0.1) is 0 Å². The number of phenolic OH excluding ortho intramolecular Hbond substituents is 1. The molecule has 0 bridgehead atoms. The van der Waals surface area contributed by atoms with Crippen molar-refractivity contribution in [1.82, 2.24) is 0 Å². The van der Waals surface area contributed by atoms with Gasteiger partial charge in [0.15, 0.2) is 0 Å². The zero-order valence-corrected chi connectivity index (χ0v) is 25.0. The van der Waals surface area contributed by atoms with Gasteiger partial charge in [-0.3, -0.25) is 0 Å². The minimum atomic E-state index is -1.29. The number of phenols is 1. The summed E-state index contributed by atoms with van der Waals surface area (Å²) in [4.78, 5) is 11.5. The van der Waals surface area contributed by atoms with Gasteiger partial charge in [-0.15, -0.1) is 0 Å². The number of ether oxygens (including phenoxy) is 4. The van der Waals surface area contributed by atoms with Gasteiger partial charge in [-0.2, -0.15) is 0 Å². The standard InChI is InChI=1S/C31H36O7.Na/c1-3-9-23-27(12-7-13-28(23)38-29-11-6-5-10-24(29)31(33)34)36-15-8-16-37-30-19-26(32)25(18-21(30)4-2)22-14-17-35-20-22;/h5-7,10-13,18-19,22,32H,3-4,8-9,14-17,20H2,1-2H3,(H,33,34);/q;+1/p-1. The predicted octanol–water partition coefficient (Wildman–Crippen LogP) is 2.42.